The van der Waals surface area contributed by atoms with Gasteiger partial charge in [-0.05, 0) is 44.9 Å². The Labute approximate surface area is 170 Å². The third-order valence-electron chi connectivity index (χ3n) is 3.66. The van der Waals surface area contributed by atoms with E-state index in [1.165, 1.54) is 4.88 Å². The molecule has 2 aromatic rings. The number of rotatable bonds is 6. The molecule has 0 bridgehead atoms. The number of thiazole rings is 1. The lowest BCUT2D eigenvalue weighted by Crippen LogP contribution is -2.38. The number of aliphatic imine (C=N–C) groups is 1. The van der Waals surface area contributed by atoms with Gasteiger partial charge in [0.25, 0.3) is 0 Å². The first-order valence-corrected chi connectivity index (χ1v) is 9.03. The second-order valence-corrected chi connectivity index (χ2v) is 7.07. The fourth-order valence-electron chi connectivity index (χ4n) is 2.27. The molecule has 0 aliphatic heterocycles. The number of hydrogen-bond acceptors (Lipinski definition) is 3. The SMILES string of the molecule is CCNC(=NCCc1ncc(C)s1)NC(C)c1ccc(C)c(F)c1.I. The van der Waals surface area contributed by atoms with Gasteiger partial charge < -0.3 is 10.6 Å². The highest BCUT2D eigenvalue weighted by Crippen LogP contribution is 2.16. The van der Waals surface area contributed by atoms with Gasteiger partial charge in [0, 0.05) is 30.6 Å². The Balaban J connectivity index is 0.00000312. The predicted molar refractivity (Wildman–Crippen MR) is 115 cm³/mol. The molecule has 0 spiro atoms. The number of aryl methyl sites for hydroxylation is 2. The summed E-state index contributed by atoms with van der Waals surface area (Å²) in [5, 5.41) is 7.65. The van der Waals surface area contributed by atoms with E-state index in [1.54, 1.807) is 30.4 Å². The summed E-state index contributed by atoms with van der Waals surface area (Å²) < 4.78 is 13.7. The molecular weight excluding hydrogens is 450 g/mol. The topological polar surface area (TPSA) is 49.3 Å². The van der Waals surface area contributed by atoms with Crippen LogP contribution in [0.4, 0.5) is 4.39 Å². The molecule has 1 aromatic heterocycles. The summed E-state index contributed by atoms with van der Waals surface area (Å²) in [6.07, 6.45) is 2.71. The van der Waals surface area contributed by atoms with Crippen molar-refractivity contribution >= 4 is 41.3 Å². The van der Waals surface area contributed by atoms with E-state index in [2.05, 4.69) is 27.5 Å². The number of halogens is 2. The zero-order valence-corrected chi connectivity index (χ0v) is 18.2. The largest absolute Gasteiger partial charge is 0.357 e. The van der Waals surface area contributed by atoms with E-state index in [0.717, 1.165) is 29.5 Å². The Bertz CT molecular complexity index is 702. The average Bonchev–Trinajstić information content (AvgIpc) is 2.95. The van der Waals surface area contributed by atoms with Crippen LogP contribution in [0, 0.1) is 19.7 Å². The van der Waals surface area contributed by atoms with E-state index in [-0.39, 0.29) is 35.8 Å². The highest BCUT2D eigenvalue weighted by Gasteiger charge is 2.09. The van der Waals surface area contributed by atoms with Crippen molar-refractivity contribution in [1.82, 2.24) is 15.6 Å². The fourth-order valence-corrected chi connectivity index (χ4v) is 3.04. The maximum Gasteiger partial charge on any atom is 0.191 e. The summed E-state index contributed by atoms with van der Waals surface area (Å²) in [5.41, 5.74) is 1.56. The minimum absolute atomic E-state index is 0. The van der Waals surface area contributed by atoms with Crippen LogP contribution in [-0.2, 0) is 6.42 Å². The zero-order valence-electron chi connectivity index (χ0n) is 15.1. The zero-order chi connectivity index (χ0) is 17.5. The average molecular weight is 476 g/mol. The lowest BCUT2D eigenvalue weighted by molar-refractivity contribution is 0.607. The van der Waals surface area contributed by atoms with Crippen LogP contribution in [0.3, 0.4) is 0 Å². The molecule has 25 heavy (non-hydrogen) atoms. The number of guanidine groups is 1. The lowest BCUT2D eigenvalue weighted by Gasteiger charge is -2.18. The molecule has 1 atom stereocenters. The van der Waals surface area contributed by atoms with Gasteiger partial charge in [0.15, 0.2) is 5.96 Å². The normalized spacial score (nSPS) is 12.4. The first-order valence-electron chi connectivity index (χ1n) is 8.21. The second-order valence-electron chi connectivity index (χ2n) is 5.75. The van der Waals surface area contributed by atoms with Crippen molar-refractivity contribution in [2.24, 2.45) is 4.99 Å². The Morgan fingerprint density at radius 3 is 2.72 bits per heavy atom. The number of aromatic nitrogens is 1. The monoisotopic (exact) mass is 476 g/mol. The van der Waals surface area contributed by atoms with E-state index in [9.17, 15) is 4.39 Å². The molecule has 1 aromatic carbocycles. The third-order valence-corrected chi connectivity index (χ3v) is 4.63. The summed E-state index contributed by atoms with van der Waals surface area (Å²) in [6.45, 7) is 9.29. The van der Waals surface area contributed by atoms with Gasteiger partial charge in [-0.1, -0.05) is 12.1 Å². The van der Waals surface area contributed by atoms with Gasteiger partial charge in [-0.2, -0.15) is 0 Å². The van der Waals surface area contributed by atoms with E-state index in [0.29, 0.717) is 12.1 Å². The van der Waals surface area contributed by atoms with Crippen molar-refractivity contribution in [3.8, 4) is 0 Å². The highest BCUT2D eigenvalue weighted by atomic mass is 127. The molecule has 0 radical (unpaired) electrons. The minimum atomic E-state index is -0.178. The van der Waals surface area contributed by atoms with Crippen LogP contribution in [0.1, 0.15) is 40.9 Å². The molecule has 0 aliphatic rings. The first kappa shape index (κ1) is 21.8. The molecule has 0 amide bonds. The maximum atomic E-state index is 13.7. The van der Waals surface area contributed by atoms with Crippen LogP contribution in [0.5, 0.6) is 0 Å². The Morgan fingerprint density at radius 2 is 2.12 bits per heavy atom. The second kappa shape index (κ2) is 10.7. The van der Waals surface area contributed by atoms with Gasteiger partial charge in [-0.15, -0.1) is 35.3 Å². The Kier molecular flexibility index (Phi) is 9.34. The first-order chi connectivity index (χ1) is 11.5. The molecule has 2 rings (SSSR count). The van der Waals surface area contributed by atoms with Gasteiger partial charge in [-0.25, -0.2) is 9.37 Å². The summed E-state index contributed by atoms with van der Waals surface area (Å²) in [7, 11) is 0. The Morgan fingerprint density at radius 1 is 1.36 bits per heavy atom. The van der Waals surface area contributed by atoms with E-state index in [4.69, 9.17) is 0 Å². The smallest absolute Gasteiger partial charge is 0.191 e. The van der Waals surface area contributed by atoms with Gasteiger partial charge in [0.2, 0.25) is 0 Å². The summed E-state index contributed by atoms with van der Waals surface area (Å²) in [4.78, 5) is 10.2. The van der Waals surface area contributed by atoms with Crippen molar-refractivity contribution in [3.63, 3.8) is 0 Å². The van der Waals surface area contributed by atoms with Crippen LogP contribution < -0.4 is 10.6 Å². The quantitative estimate of drug-likeness (QED) is 0.370. The molecule has 4 nitrogen and oxygen atoms in total. The molecule has 2 N–H and O–H groups in total. The molecule has 0 fully saturated rings. The standard InChI is InChI=1S/C18H25FN4S.HI/c1-5-20-18(21-9-8-17-22-11-13(3)24-17)23-14(4)15-7-6-12(2)16(19)10-15;/h6-7,10-11,14H,5,8-9H2,1-4H3,(H2,20,21,23);1H. The van der Waals surface area contributed by atoms with Gasteiger partial charge in [-0.3, -0.25) is 4.99 Å². The molecule has 0 saturated carbocycles. The van der Waals surface area contributed by atoms with Crippen molar-refractivity contribution in [2.75, 3.05) is 13.1 Å². The van der Waals surface area contributed by atoms with Crippen LogP contribution in [0.15, 0.2) is 29.4 Å². The molecule has 7 heteroatoms. The molecular formula is C18H26FIN4S. The van der Waals surface area contributed by atoms with Crippen LogP contribution in [0.25, 0.3) is 0 Å². The van der Waals surface area contributed by atoms with Crippen molar-refractivity contribution in [2.45, 2.75) is 40.2 Å². The third kappa shape index (κ3) is 6.89. The fraction of sp³-hybridized carbons (Fsp3) is 0.444. The van der Waals surface area contributed by atoms with E-state index < -0.39 is 0 Å². The minimum Gasteiger partial charge on any atom is -0.357 e. The summed E-state index contributed by atoms with van der Waals surface area (Å²) in [6, 6.07) is 5.30. The van der Waals surface area contributed by atoms with Crippen molar-refractivity contribution < 1.29 is 4.39 Å². The van der Waals surface area contributed by atoms with E-state index in [1.807, 2.05) is 26.1 Å². The number of nitrogens with zero attached hydrogens (tertiary/aromatic N) is 2. The van der Waals surface area contributed by atoms with Gasteiger partial charge >= 0.3 is 0 Å². The Hall–Kier alpha value is -1.22. The number of hydrogen-bond donors (Lipinski definition) is 2. The summed E-state index contributed by atoms with van der Waals surface area (Å²) in [5.74, 6) is 0.557. The van der Waals surface area contributed by atoms with Gasteiger partial charge in [0.05, 0.1) is 11.0 Å². The van der Waals surface area contributed by atoms with Crippen LogP contribution >= 0.6 is 35.3 Å². The van der Waals surface area contributed by atoms with Gasteiger partial charge in [0.1, 0.15) is 5.82 Å². The molecule has 0 aliphatic carbocycles. The van der Waals surface area contributed by atoms with Crippen molar-refractivity contribution in [1.29, 1.82) is 0 Å². The molecule has 1 heterocycles. The highest BCUT2D eigenvalue weighted by molar-refractivity contribution is 14.0. The lowest BCUT2D eigenvalue weighted by atomic mass is 10.1. The maximum absolute atomic E-state index is 13.7. The molecule has 138 valence electrons. The predicted octanol–water partition coefficient (Wildman–Crippen LogP) is 4.38. The number of nitrogens with one attached hydrogen (secondary N) is 2. The van der Waals surface area contributed by atoms with E-state index >= 15 is 0 Å². The molecule has 0 saturated heterocycles. The van der Waals surface area contributed by atoms with Crippen molar-refractivity contribution in [3.05, 3.63) is 51.2 Å². The summed E-state index contributed by atoms with van der Waals surface area (Å²) >= 11 is 1.70. The number of benzene rings is 1. The molecule has 1 unspecified atom stereocenters. The van der Waals surface area contributed by atoms with Crippen LogP contribution in [-0.4, -0.2) is 24.0 Å². The van der Waals surface area contributed by atoms with Crippen LogP contribution in [0.2, 0.25) is 0 Å².